The summed E-state index contributed by atoms with van der Waals surface area (Å²) in [6.07, 6.45) is 0.477. The fourth-order valence-corrected chi connectivity index (χ4v) is 1.60. The van der Waals surface area contributed by atoms with Gasteiger partial charge in [-0.3, -0.25) is 0 Å². The van der Waals surface area contributed by atoms with Gasteiger partial charge in [0.2, 0.25) is 0 Å². The Labute approximate surface area is 101 Å². The third kappa shape index (κ3) is 2.80. The maximum absolute atomic E-state index is 8.55. The van der Waals surface area contributed by atoms with E-state index < -0.39 is 0 Å². The second-order valence-electron chi connectivity index (χ2n) is 3.60. The highest BCUT2D eigenvalue weighted by atomic mass is 35.5. The number of anilines is 1. The highest BCUT2D eigenvalue weighted by Gasteiger charge is 2.10. The Balaban J connectivity index is 3.02. The molecule has 1 aromatic carbocycles. The predicted molar refractivity (Wildman–Crippen MR) is 66.2 cm³/mol. The first-order valence-electron chi connectivity index (χ1n) is 5.02. The monoisotopic (exact) mass is 238 g/mol. The molecule has 0 spiro atoms. The zero-order chi connectivity index (χ0) is 12.1. The zero-order valence-corrected chi connectivity index (χ0v) is 10.5. The average Bonchev–Trinajstić information content (AvgIpc) is 2.28. The summed E-state index contributed by atoms with van der Waals surface area (Å²) in [5.41, 5.74) is 1.89. The smallest absolute Gasteiger partial charge is 0.142 e. The summed E-state index contributed by atoms with van der Waals surface area (Å²) in [6, 6.07) is 5.89. The molecular formula is C12H15ClN2O. The van der Waals surface area contributed by atoms with Crippen molar-refractivity contribution in [3.63, 3.8) is 0 Å². The topological polar surface area (TPSA) is 36.3 Å². The quantitative estimate of drug-likeness (QED) is 0.809. The molecule has 16 heavy (non-hydrogen) atoms. The molecule has 0 radical (unpaired) electrons. The van der Waals surface area contributed by atoms with Crippen LogP contribution < -0.4 is 9.64 Å². The molecule has 0 aliphatic carbocycles. The summed E-state index contributed by atoms with van der Waals surface area (Å²) in [7, 11) is 3.55. The zero-order valence-electron chi connectivity index (χ0n) is 9.75. The third-order valence-electron chi connectivity index (χ3n) is 2.43. The second kappa shape index (κ2) is 5.62. The van der Waals surface area contributed by atoms with E-state index in [1.807, 2.05) is 31.0 Å². The summed E-state index contributed by atoms with van der Waals surface area (Å²) in [5, 5.41) is 9.26. The van der Waals surface area contributed by atoms with Crippen molar-refractivity contribution in [1.29, 1.82) is 5.26 Å². The van der Waals surface area contributed by atoms with Gasteiger partial charge < -0.3 is 9.64 Å². The van der Waals surface area contributed by atoms with Crippen molar-refractivity contribution in [3.05, 3.63) is 22.7 Å². The number of nitrogens with zero attached hydrogens (tertiary/aromatic N) is 2. The molecule has 1 aromatic rings. The van der Waals surface area contributed by atoms with Gasteiger partial charge in [0, 0.05) is 18.6 Å². The van der Waals surface area contributed by atoms with Gasteiger partial charge in [-0.25, -0.2) is 0 Å². The lowest BCUT2D eigenvalue weighted by molar-refractivity contribution is 0.414. The van der Waals surface area contributed by atoms with Crippen molar-refractivity contribution >= 4 is 17.3 Å². The van der Waals surface area contributed by atoms with Gasteiger partial charge in [-0.2, -0.15) is 5.26 Å². The summed E-state index contributed by atoms with van der Waals surface area (Å²) < 4.78 is 5.30. The van der Waals surface area contributed by atoms with Crippen LogP contribution in [-0.4, -0.2) is 20.7 Å². The van der Waals surface area contributed by atoms with E-state index in [0.29, 0.717) is 18.0 Å². The number of hydrogen-bond donors (Lipinski definition) is 0. The number of ether oxygens (including phenoxy) is 1. The van der Waals surface area contributed by atoms with Crippen LogP contribution in [-0.2, 0) is 0 Å². The Morgan fingerprint density at radius 3 is 2.75 bits per heavy atom. The van der Waals surface area contributed by atoms with Gasteiger partial charge in [0.15, 0.2) is 0 Å². The third-order valence-corrected chi connectivity index (χ3v) is 2.84. The first kappa shape index (κ1) is 12.7. The van der Waals surface area contributed by atoms with Crippen LogP contribution in [0.3, 0.4) is 0 Å². The summed E-state index contributed by atoms with van der Waals surface area (Å²) >= 11 is 6.07. The van der Waals surface area contributed by atoms with Gasteiger partial charge in [-0.1, -0.05) is 11.6 Å². The van der Waals surface area contributed by atoms with Crippen LogP contribution in [0.5, 0.6) is 5.75 Å². The minimum absolute atomic E-state index is 0.477. The SMILES string of the molecule is COc1cc(C)c(Cl)cc1N(C)CCC#N. The van der Waals surface area contributed by atoms with E-state index in [0.717, 1.165) is 17.0 Å². The Bertz CT molecular complexity index is 412. The fourth-order valence-electron chi connectivity index (χ4n) is 1.44. The van der Waals surface area contributed by atoms with Crippen molar-refractivity contribution in [1.82, 2.24) is 0 Å². The highest BCUT2D eigenvalue weighted by Crippen LogP contribution is 2.33. The molecule has 0 N–H and O–H groups in total. The molecule has 0 atom stereocenters. The largest absolute Gasteiger partial charge is 0.495 e. The van der Waals surface area contributed by atoms with Gasteiger partial charge in [0.05, 0.1) is 25.3 Å². The first-order chi connectivity index (χ1) is 7.60. The predicted octanol–water partition coefficient (Wildman–Crippen LogP) is 3.01. The number of hydrogen-bond acceptors (Lipinski definition) is 3. The van der Waals surface area contributed by atoms with Crippen LogP contribution in [0, 0.1) is 18.3 Å². The van der Waals surface area contributed by atoms with Crippen LogP contribution in [0.25, 0.3) is 0 Å². The van der Waals surface area contributed by atoms with Crippen LogP contribution in [0.4, 0.5) is 5.69 Å². The molecule has 0 bridgehead atoms. The lowest BCUT2D eigenvalue weighted by atomic mass is 10.2. The van der Waals surface area contributed by atoms with Crippen LogP contribution in [0.2, 0.25) is 5.02 Å². The van der Waals surface area contributed by atoms with Gasteiger partial charge >= 0.3 is 0 Å². The molecule has 0 aliphatic rings. The maximum Gasteiger partial charge on any atom is 0.142 e. The number of nitriles is 1. The van der Waals surface area contributed by atoms with E-state index in [1.54, 1.807) is 7.11 Å². The summed E-state index contributed by atoms with van der Waals surface area (Å²) in [5.74, 6) is 0.780. The fraction of sp³-hybridized carbons (Fsp3) is 0.417. The lowest BCUT2D eigenvalue weighted by Crippen LogP contribution is -2.18. The molecule has 0 unspecified atom stereocenters. The Hall–Kier alpha value is -1.40. The number of aryl methyl sites for hydroxylation is 1. The normalized spacial score (nSPS) is 9.69. The van der Waals surface area contributed by atoms with Crippen LogP contribution >= 0.6 is 11.6 Å². The van der Waals surface area contributed by atoms with Crippen molar-refractivity contribution in [3.8, 4) is 11.8 Å². The molecule has 3 nitrogen and oxygen atoms in total. The van der Waals surface area contributed by atoms with Crippen molar-refractivity contribution in [2.45, 2.75) is 13.3 Å². The molecule has 1 rings (SSSR count). The summed E-state index contributed by atoms with van der Waals surface area (Å²) in [6.45, 7) is 2.59. The average molecular weight is 239 g/mol. The Morgan fingerprint density at radius 1 is 1.50 bits per heavy atom. The minimum atomic E-state index is 0.477. The van der Waals surface area contributed by atoms with E-state index in [4.69, 9.17) is 21.6 Å². The van der Waals surface area contributed by atoms with E-state index in [9.17, 15) is 0 Å². The molecule has 86 valence electrons. The van der Waals surface area contributed by atoms with Crippen molar-refractivity contribution in [2.75, 3.05) is 25.6 Å². The van der Waals surface area contributed by atoms with E-state index in [-0.39, 0.29) is 0 Å². The standard InChI is InChI=1S/C12H15ClN2O/c1-9-7-12(16-3)11(8-10(9)13)15(2)6-4-5-14/h7-8H,4,6H2,1-3H3. The second-order valence-corrected chi connectivity index (χ2v) is 4.01. The molecule has 0 aliphatic heterocycles. The van der Waals surface area contributed by atoms with Crippen LogP contribution in [0.15, 0.2) is 12.1 Å². The van der Waals surface area contributed by atoms with Crippen molar-refractivity contribution in [2.24, 2.45) is 0 Å². The lowest BCUT2D eigenvalue weighted by Gasteiger charge is -2.21. The number of benzene rings is 1. The molecule has 0 fully saturated rings. The van der Waals surface area contributed by atoms with Crippen LogP contribution in [0.1, 0.15) is 12.0 Å². The molecule has 0 heterocycles. The molecule has 0 saturated heterocycles. The highest BCUT2D eigenvalue weighted by molar-refractivity contribution is 6.31. The van der Waals surface area contributed by atoms with Gasteiger partial charge in [-0.05, 0) is 24.6 Å². The summed E-state index contributed by atoms with van der Waals surface area (Å²) in [4.78, 5) is 1.97. The van der Waals surface area contributed by atoms with Crippen molar-refractivity contribution < 1.29 is 4.74 Å². The first-order valence-corrected chi connectivity index (χ1v) is 5.40. The van der Waals surface area contributed by atoms with E-state index in [1.165, 1.54) is 0 Å². The van der Waals surface area contributed by atoms with Gasteiger partial charge in [-0.15, -0.1) is 0 Å². The van der Waals surface area contributed by atoms with Gasteiger partial charge in [0.1, 0.15) is 5.75 Å². The number of rotatable bonds is 4. The molecule has 4 heteroatoms. The number of halogens is 1. The maximum atomic E-state index is 8.55. The molecule has 0 aromatic heterocycles. The van der Waals surface area contributed by atoms with Gasteiger partial charge in [0.25, 0.3) is 0 Å². The Kier molecular flexibility index (Phi) is 4.45. The van der Waals surface area contributed by atoms with E-state index in [2.05, 4.69) is 6.07 Å². The van der Waals surface area contributed by atoms with E-state index >= 15 is 0 Å². The number of methoxy groups -OCH3 is 1. The molecular weight excluding hydrogens is 224 g/mol. The minimum Gasteiger partial charge on any atom is -0.495 e. The Morgan fingerprint density at radius 2 is 2.19 bits per heavy atom. The molecule has 0 saturated carbocycles. The molecule has 0 amide bonds.